The number of carbonyl (C=O) groups is 3. The Hall–Kier alpha value is -3.75. The van der Waals surface area contributed by atoms with Crippen molar-refractivity contribution in [2.45, 2.75) is 25.8 Å². The van der Waals surface area contributed by atoms with Gasteiger partial charge in [-0.05, 0) is 29.8 Å². The summed E-state index contributed by atoms with van der Waals surface area (Å²) in [7, 11) is 0. The summed E-state index contributed by atoms with van der Waals surface area (Å²) in [4.78, 5) is 41.4. The largest absolute Gasteiger partial charge is 0.368 e. The van der Waals surface area contributed by atoms with Crippen LogP contribution >= 0.6 is 0 Å². The van der Waals surface area contributed by atoms with Crippen molar-refractivity contribution in [3.05, 3.63) is 66.0 Å². The summed E-state index contributed by atoms with van der Waals surface area (Å²) in [6.07, 6.45) is 0.640. The van der Waals surface area contributed by atoms with Crippen LogP contribution in [0.1, 0.15) is 24.8 Å². The smallest absolute Gasteiger partial charge is 0.267 e. The van der Waals surface area contributed by atoms with Gasteiger partial charge in [-0.2, -0.15) is 5.10 Å². The molecule has 0 radical (unpaired) electrons. The van der Waals surface area contributed by atoms with E-state index in [1.165, 1.54) is 17.1 Å². The Morgan fingerprint density at radius 2 is 1.65 bits per heavy atom. The van der Waals surface area contributed by atoms with Crippen molar-refractivity contribution in [2.75, 3.05) is 37.6 Å². The Balaban J connectivity index is 1.22. The number of hydrogen-bond acceptors (Lipinski definition) is 5. The van der Waals surface area contributed by atoms with Gasteiger partial charge < -0.3 is 15.1 Å². The predicted octanol–water partition coefficient (Wildman–Crippen LogP) is 2.16. The summed E-state index contributed by atoms with van der Waals surface area (Å²) in [5, 5.41) is 8.19. The number of amides is 3. The van der Waals surface area contributed by atoms with Gasteiger partial charge in [-0.25, -0.2) is 9.40 Å². The molecule has 1 saturated heterocycles. The Labute approximate surface area is 198 Å². The highest BCUT2D eigenvalue weighted by Gasteiger charge is 2.25. The molecule has 0 spiro atoms. The quantitative estimate of drug-likeness (QED) is 0.679. The first kappa shape index (κ1) is 23.4. The van der Waals surface area contributed by atoms with Gasteiger partial charge in [0.1, 0.15) is 11.5 Å². The van der Waals surface area contributed by atoms with E-state index in [4.69, 9.17) is 0 Å². The minimum Gasteiger partial charge on any atom is -0.368 e. The fourth-order valence-electron chi connectivity index (χ4n) is 4.05. The highest BCUT2D eigenvalue weighted by molar-refractivity contribution is 6.39. The van der Waals surface area contributed by atoms with Gasteiger partial charge in [-0.1, -0.05) is 30.3 Å². The van der Waals surface area contributed by atoms with Gasteiger partial charge in [-0.3, -0.25) is 14.4 Å². The molecule has 0 aromatic heterocycles. The second-order valence-corrected chi connectivity index (χ2v) is 8.33. The summed E-state index contributed by atoms with van der Waals surface area (Å²) in [6, 6.07) is 15.9. The van der Waals surface area contributed by atoms with Crippen molar-refractivity contribution in [1.29, 1.82) is 0 Å². The number of halogens is 1. The van der Waals surface area contributed by atoms with E-state index in [1.807, 2.05) is 23.1 Å². The molecule has 0 atom stereocenters. The van der Waals surface area contributed by atoms with Gasteiger partial charge in [-0.15, -0.1) is 0 Å². The summed E-state index contributed by atoms with van der Waals surface area (Å²) >= 11 is 0. The standard InChI is InChI=1S/C25H28FN5O3/c26-20-8-6-19(7-9-20)18-31-24(33)11-10-22(28-31)25(34)27-13-12-23(32)30-16-14-29(15-17-30)21-4-2-1-3-5-21/h1-9H,10-18H2,(H,27,34). The molecule has 34 heavy (non-hydrogen) atoms. The molecule has 2 aromatic rings. The third kappa shape index (κ3) is 5.98. The number of para-hydroxylation sites is 1. The van der Waals surface area contributed by atoms with Gasteiger partial charge in [0, 0.05) is 57.7 Å². The second-order valence-electron chi connectivity index (χ2n) is 8.33. The molecule has 2 aliphatic rings. The molecule has 0 saturated carbocycles. The molecule has 2 heterocycles. The summed E-state index contributed by atoms with van der Waals surface area (Å²) in [5.41, 5.74) is 2.13. The van der Waals surface area contributed by atoms with Gasteiger partial charge in [0.25, 0.3) is 5.91 Å². The molecule has 4 rings (SSSR count). The Bertz CT molecular complexity index is 1050. The molecule has 0 bridgehead atoms. The topological polar surface area (TPSA) is 85.3 Å². The van der Waals surface area contributed by atoms with E-state index in [0.717, 1.165) is 24.3 Å². The molecule has 1 N–H and O–H groups in total. The van der Waals surface area contributed by atoms with Gasteiger partial charge >= 0.3 is 0 Å². The molecule has 0 aliphatic carbocycles. The maximum Gasteiger partial charge on any atom is 0.267 e. The van der Waals surface area contributed by atoms with E-state index < -0.39 is 0 Å². The van der Waals surface area contributed by atoms with Gasteiger partial charge in [0.15, 0.2) is 0 Å². The van der Waals surface area contributed by atoms with Crippen molar-refractivity contribution in [3.63, 3.8) is 0 Å². The van der Waals surface area contributed by atoms with E-state index >= 15 is 0 Å². The molecule has 178 valence electrons. The zero-order valence-corrected chi connectivity index (χ0v) is 19.0. The SMILES string of the molecule is O=C(NCCC(=O)N1CCN(c2ccccc2)CC1)C1=NN(Cc2ccc(F)cc2)C(=O)CC1. The van der Waals surface area contributed by atoms with Gasteiger partial charge in [0.05, 0.1) is 6.54 Å². The van der Waals surface area contributed by atoms with Crippen molar-refractivity contribution in [3.8, 4) is 0 Å². The van der Waals surface area contributed by atoms with Crippen LogP contribution in [0.3, 0.4) is 0 Å². The Morgan fingerprint density at radius 1 is 0.941 bits per heavy atom. The molecular weight excluding hydrogens is 437 g/mol. The average molecular weight is 466 g/mol. The number of piperazine rings is 1. The fraction of sp³-hybridized carbons (Fsp3) is 0.360. The van der Waals surface area contributed by atoms with Gasteiger partial charge in [0.2, 0.25) is 11.8 Å². The maximum atomic E-state index is 13.1. The third-order valence-electron chi connectivity index (χ3n) is 5.99. The minimum atomic E-state index is -0.377. The van der Waals surface area contributed by atoms with Crippen LogP contribution in [0.25, 0.3) is 0 Å². The summed E-state index contributed by atoms with van der Waals surface area (Å²) in [5.74, 6) is -0.916. The fourth-order valence-corrected chi connectivity index (χ4v) is 4.05. The monoisotopic (exact) mass is 465 g/mol. The highest BCUT2D eigenvalue weighted by atomic mass is 19.1. The van der Waals surface area contributed by atoms with Crippen LogP contribution in [-0.4, -0.2) is 66.1 Å². The number of nitrogens with one attached hydrogen (secondary N) is 1. The number of hydrazone groups is 1. The summed E-state index contributed by atoms with van der Waals surface area (Å²) in [6.45, 7) is 3.22. The average Bonchev–Trinajstić information content (AvgIpc) is 2.87. The van der Waals surface area contributed by atoms with Crippen LogP contribution in [0.5, 0.6) is 0 Å². The normalized spacial score (nSPS) is 16.3. The molecule has 8 nitrogen and oxygen atoms in total. The van der Waals surface area contributed by atoms with Crippen LogP contribution in [0.15, 0.2) is 59.7 Å². The number of rotatable bonds is 7. The molecule has 2 aromatic carbocycles. The zero-order chi connectivity index (χ0) is 23.9. The van der Waals surface area contributed by atoms with E-state index in [1.54, 1.807) is 12.1 Å². The van der Waals surface area contributed by atoms with E-state index in [0.29, 0.717) is 13.1 Å². The number of nitrogens with zero attached hydrogens (tertiary/aromatic N) is 4. The lowest BCUT2D eigenvalue weighted by atomic mass is 10.1. The lowest BCUT2D eigenvalue weighted by Crippen LogP contribution is -2.49. The van der Waals surface area contributed by atoms with Crippen molar-refractivity contribution in [1.82, 2.24) is 15.2 Å². The third-order valence-corrected chi connectivity index (χ3v) is 5.99. The lowest BCUT2D eigenvalue weighted by Gasteiger charge is -2.36. The molecule has 3 amide bonds. The van der Waals surface area contributed by atoms with E-state index in [9.17, 15) is 18.8 Å². The predicted molar refractivity (Wildman–Crippen MR) is 126 cm³/mol. The first-order chi connectivity index (χ1) is 16.5. The Kier molecular flexibility index (Phi) is 7.51. The van der Waals surface area contributed by atoms with Crippen LogP contribution in [0.2, 0.25) is 0 Å². The number of benzene rings is 2. The molecule has 9 heteroatoms. The molecule has 0 unspecified atom stereocenters. The van der Waals surface area contributed by atoms with Crippen LogP contribution < -0.4 is 10.2 Å². The van der Waals surface area contributed by atoms with E-state index in [2.05, 4.69) is 27.5 Å². The molecular formula is C25H28FN5O3. The lowest BCUT2D eigenvalue weighted by molar-refractivity contribution is -0.132. The maximum absolute atomic E-state index is 13.1. The van der Waals surface area contributed by atoms with E-state index in [-0.39, 0.29) is 61.6 Å². The minimum absolute atomic E-state index is 0.00621. The van der Waals surface area contributed by atoms with Crippen LogP contribution in [0, 0.1) is 5.82 Å². The second kappa shape index (κ2) is 10.9. The van der Waals surface area contributed by atoms with Crippen molar-refractivity contribution >= 4 is 29.1 Å². The van der Waals surface area contributed by atoms with Crippen molar-refractivity contribution < 1.29 is 18.8 Å². The molecule has 1 fully saturated rings. The zero-order valence-electron chi connectivity index (χ0n) is 19.0. The molecule has 2 aliphatic heterocycles. The number of hydrogen-bond donors (Lipinski definition) is 1. The first-order valence-electron chi connectivity index (χ1n) is 11.5. The Morgan fingerprint density at radius 3 is 2.35 bits per heavy atom. The van der Waals surface area contributed by atoms with Crippen molar-refractivity contribution in [2.24, 2.45) is 5.10 Å². The summed E-state index contributed by atoms with van der Waals surface area (Å²) < 4.78 is 13.1. The first-order valence-corrected chi connectivity index (χ1v) is 11.5. The van der Waals surface area contributed by atoms with Crippen LogP contribution in [0.4, 0.5) is 10.1 Å². The number of anilines is 1. The number of carbonyl (C=O) groups excluding carboxylic acids is 3. The highest BCUT2D eigenvalue weighted by Crippen LogP contribution is 2.16. The van der Waals surface area contributed by atoms with Crippen LogP contribution in [-0.2, 0) is 20.9 Å².